The summed E-state index contributed by atoms with van der Waals surface area (Å²) in [5.41, 5.74) is 7.35. The number of hydrogen-bond donors (Lipinski definition) is 1. The van der Waals surface area contributed by atoms with Crippen molar-refractivity contribution in [2.24, 2.45) is 5.73 Å². The highest BCUT2D eigenvalue weighted by atomic mass is 32.1. The summed E-state index contributed by atoms with van der Waals surface area (Å²) < 4.78 is 0. The molecular weight excluding hydrogens is 178 g/mol. The zero-order valence-electron chi connectivity index (χ0n) is 8.18. The molecule has 72 valence electrons. The summed E-state index contributed by atoms with van der Waals surface area (Å²) in [5.74, 6) is 0. The minimum absolute atomic E-state index is 0.344. The highest BCUT2D eigenvalue weighted by Gasteiger charge is 2.14. The SMILES string of the molecule is CC(N)CCc1cc2c(s1)CCC2. The van der Waals surface area contributed by atoms with Gasteiger partial charge in [-0.2, -0.15) is 0 Å². The van der Waals surface area contributed by atoms with Crippen LogP contribution in [0.1, 0.15) is 35.1 Å². The van der Waals surface area contributed by atoms with Crippen LogP contribution in [0.2, 0.25) is 0 Å². The second-order valence-corrected chi connectivity index (χ2v) is 5.25. The van der Waals surface area contributed by atoms with Gasteiger partial charge in [0, 0.05) is 15.8 Å². The van der Waals surface area contributed by atoms with Gasteiger partial charge in [-0.15, -0.1) is 11.3 Å². The first-order valence-electron chi connectivity index (χ1n) is 5.12. The monoisotopic (exact) mass is 195 g/mol. The highest BCUT2D eigenvalue weighted by molar-refractivity contribution is 7.12. The normalized spacial score (nSPS) is 17.4. The molecule has 0 aromatic carbocycles. The lowest BCUT2D eigenvalue weighted by molar-refractivity contribution is 0.670. The van der Waals surface area contributed by atoms with Gasteiger partial charge in [0.25, 0.3) is 0 Å². The minimum atomic E-state index is 0.344. The largest absolute Gasteiger partial charge is 0.328 e. The second-order valence-electron chi connectivity index (χ2n) is 4.03. The van der Waals surface area contributed by atoms with Gasteiger partial charge in [0.1, 0.15) is 0 Å². The summed E-state index contributed by atoms with van der Waals surface area (Å²) in [6.45, 7) is 2.08. The molecule has 1 nitrogen and oxygen atoms in total. The summed E-state index contributed by atoms with van der Waals surface area (Å²) >= 11 is 2.01. The van der Waals surface area contributed by atoms with E-state index < -0.39 is 0 Å². The molecule has 0 fully saturated rings. The maximum Gasteiger partial charge on any atom is 0.00802 e. The van der Waals surface area contributed by atoms with Crippen LogP contribution in [0, 0.1) is 0 Å². The molecule has 0 spiro atoms. The van der Waals surface area contributed by atoms with Crippen molar-refractivity contribution in [2.45, 2.75) is 45.1 Å². The average Bonchev–Trinajstić information content (AvgIpc) is 2.58. The molecule has 2 rings (SSSR count). The fraction of sp³-hybridized carbons (Fsp3) is 0.636. The summed E-state index contributed by atoms with van der Waals surface area (Å²) in [7, 11) is 0. The quantitative estimate of drug-likeness (QED) is 0.788. The Bertz CT molecular complexity index is 267. The Morgan fingerprint density at radius 1 is 1.54 bits per heavy atom. The van der Waals surface area contributed by atoms with Crippen LogP contribution in [0.4, 0.5) is 0 Å². The van der Waals surface area contributed by atoms with E-state index in [4.69, 9.17) is 5.73 Å². The van der Waals surface area contributed by atoms with E-state index in [9.17, 15) is 0 Å². The summed E-state index contributed by atoms with van der Waals surface area (Å²) in [4.78, 5) is 3.18. The van der Waals surface area contributed by atoms with E-state index in [1.165, 1.54) is 25.7 Å². The lowest BCUT2D eigenvalue weighted by Crippen LogP contribution is -2.14. The number of hydrogen-bond acceptors (Lipinski definition) is 2. The maximum atomic E-state index is 5.74. The Morgan fingerprint density at radius 3 is 3.08 bits per heavy atom. The van der Waals surface area contributed by atoms with Gasteiger partial charge in [-0.25, -0.2) is 0 Å². The van der Waals surface area contributed by atoms with E-state index in [-0.39, 0.29) is 0 Å². The minimum Gasteiger partial charge on any atom is -0.328 e. The topological polar surface area (TPSA) is 26.0 Å². The van der Waals surface area contributed by atoms with Crippen LogP contribution in [0.3, 0.4) is 0 Å². The molecule has 1 atom stereocenters. The first-order chi connectivity index (χ1) is 6.25. The fourth-order valence-corrected chi connectivity index (χ4v) is 3.16. The Balaban J connectivity index is 1.98. The van der Waals surface area contributed by atoms with E-state index in [1.807, 2.05) is 11.3 Å². The van der Waals surface area contributed by atoms with E-state index in [2.05, 4.69) is 13.0 Å². The molecule has 2 heteroatoms. The molecule has 1 aromatic rings. The first kappa shape index (κ1) is 9.22. The van der Waals surface area contributed by atoms with E-state index in [1.54, 1.807) is 15.3 Å². The fourth-order valence-electron chi connectivity index (χ4n) is 1.88. The maximum absolute atomic E-state index is 5.74. The molecule has 0 radical (unpaired) electrons. The van der Waals surface area contributed by atoms with Crippen molar-refractivity contribution in [2.75, 3.05) is 0 Å². The van der Waals surface area contributed by atoms with E-state index >= 15 is 0 Å². The van der Waals surface area contributed by atoms with Crippen molar-refractivity contribution in [3.8, 4) is 0 Å². The molecule has 0 bridgehead atoms. The summed E-state index contributed by atoms with van der Waals surface area (Å²) in [6, 6.07) is 2.74. The van der Waals surface area contributed by atoms with Gasteiger partial charge in [0.2, 0.25) is 0 Å². The van der Waals surface area contributed by atoms with Gasteiger partial charge in [0.15, 0.2) is 0 Å². The van der Waals surface area contributed by atoms with E-state index in [0.717, 1.165) is 6.42 Å². The van der Waals surface area contributed by atoms with Gasteiger partial charge >= 0.3 is 0 Å². The Kier molecular flexibility index (Phi) is 2.70. The summed E-state index contributed by atoms with van der Waals surface area (Å²) in [6.07, 6.45) is 6.30. The third-order valence-corrected chi connectivity index (χ3v) is 3.94. The molecule has 2 N–H and O–H groups in total. The number of nitrogens with two attached hydrogens (primary N) is 1. The third kappa shape index (κ3) is 2.12. The molecule has 0 amide bonds. The first-order valence-corrected chi connectivity index (χ1v) is 5.93. The molecule has 1 heterocycles. The lowest BCUT2D eigenvalue weighted by atomic mass is 10.1. The van der Waals surface area contributed by atoms with Crippen molar-refractivity contribution >= 4 is 11.3 Å². The van der Waals surface area contributed by atoms with Crippen molar-refractivity contribution in [1.29, 1.82) is 0 Å². The molecule has 0 saturated carbocycles. The van der Waals surface area contributed by atoms with Crippen LogP contribution in [0.15, 0.2) is 6.07 Å². The molecule has 1 unspecified atom stereocenters. The third-order valence-electron chi connectivity index (χ3n) is 2.64. The zero-order valence-corrected chi connectivity index (χ0v) is 8.99. The van der Waals surface area contributed by atoms with Crippen LogP contribution < -0.4 is 5.73 Å². The predicted octanol–water partition coefficient (Wildman–Crippen LogP) is 2.52. The Hall–Kier alpha value is -0.340. The van der Waals surface area contributed by atoms with Crippen molar-refractivity contribution < 1.29 is 0 Å². The number of thiophene rings is 1. The van der Waals surface area contributed by atoms with Crippen molar-refractivity contribution in [3.05, 3.63) is 21.4 Å². The Labute approximate surface area is 84.0 Å². The molecule has 1 aromatic heterocycles. The van der Waals surface area contributed by atoms with Gasteiger partial charge in [-0.05, 0) is 50.7 Å². The van der Waals surface area contributed by atoms with E-state index in [0.29, 0.717) is 6.04 Å². The number of fused-ring (bicyclic) bond motifs is 1. The molecule has 1 aliphatic rings. The van der Waals surface area contributed by atoms with Gasteiger partial charge in [0.05, 0.1) is 0 Å². The predicted molar refractivity (Wildman–Crippen MR) is 58.3 cm³/mol. The zero-order chi connectivity index (χ0) is 9.26. The van der Waals surface area contributed by atoms with Crippen LogP contribution in [0.25, 0.3) is 0 Å². The molecule has 1 aliphatic carbocycles. The van der Waals surface area contributed by atoms with Gasteiger partial charge in [-0.3, -0.25) is 0 Å². The number of rotatable bonds is 3. The molecule has 0 saturated heterocycles. The van der Waals surface area contributed by atoms with Crippen LogP contribution in [-0.2, 0) is 19.3 Å². The van der Waals surface area contributed by atoms with Gasteiger partial charge in [-0.1, -0.05) is 0 Å². The van der Waals surface area contributed by atoms with Crippen LogP contribution in [-0.4, -0.2) is 6.04 Å². The van der Waals surface area contributed by atoms with Crippen LogP contribution >= 0.6 is 11.3 Å². The number of aryl methyl sites for hydroxylation is 3. The molecule has 13 heavy (non-hydrogen) atoms. The molecule has 0 aliphatic heterocycles. The standard InChI is InChI=1S/C11H17NS/c1-8(12)5-6-10-7-9-3-2-4-11(9)13-10/h7-8H,2-6,12H2,1H3. The smallest absolute Gasteiger partial charge is 0.00802 e. The van der Waals surface area contributed by atoms with Crippen molar-refractivity contribution in [1.82, 2.24) is 0 Å². The van der Waals surface area contributed by atoms with Gasteiger partial charge < -0.3 is 5.73 Å². The summed E-state index contributed by atoms with van der Waals surface area (Å²) in [5, 5.41) is 0. The lowest BCUT2D eigenvalue weighted by Gasteiger charge is -2.01. The Morgan fingerprint density at radius 2 is 2.38 bits per heavy atom. The average molecular weight is 195 g/mol. The van der Waals surface area contributed by atoms with Crippen molar-refractivity contribution in [3.63, 3.8) is 0 Å². The highest BCUT2D eigenvalue weighted by Crippen LogP contribution is 2.31. The van der Waals surface area contributed by atoms with Crippen LogP contribution in [0.5, 0.6) is 0 Å². The second kappa shape index (κ2) is 3.81. The molecular formula is C11H17NS.